The van der Waals surface area contributed by atoms with Gasteiger partial charge in [-0.15, -0.1) is 0 Å². The third-order valence-electron chi connectivity index (χ3n) is 2.27. The highest BCUT2D eigenvalue weighted by molar-refractivity contribution is 14.1. The molecule has 18 heavy (non-hydrogen) atoms. The van der Waals surface area contributed by atoms with Gasteiger partial charge in [-0.05, 0) is 41.6 Å². The zero-order chi connectivity index (χ0) is 13.7. The minimum atomic E-state index is -0.570. The van der Waals surface area contributed by atoms with Gasteiger partial charge in [0, 0.05) is 16.7 Å². The van der Waals surface area contributed by atoms with E-state index in [-0.39, 0.29) is 17.3 Å². The molecule has 4 nitrogen and oxygen atoms in total. The molecule has 1 atom stereocenters. The van der Waals surface area contributed by atoms with E-state index >= 15 is 0 Å². The lowest BCUT2D eigenvalue weighted by molar-refractivity contribution is 0.0601. The second kappa shape index (κ2) is 6.89. The van der Waals surface area contributed by atoms with Crippen molar-refractivity contribution < 1.29 is 18.7 Å². The van der Waals surface area contributed by atoms with Crippen molar-refractivity contribution in [2.24, 2.45) is 0 Å². The summed E-state index contributed by atoms with van der Waals surface area (Å²) in [4.78, 5) is 11.6. The lowest BCUT2D eigenvalue weighted by Gasteiger charge is -2.17. The summed E-state index contributed by atoms with van der Waals surface area (Å²) in [5.41, 5.74) is 0.330. The summed E-state index contributed by atoms with van der Waals surface area (Å²) in [6.45, 7) is 2.24. The molecular weight excluding hydrogens is 352 g/mol. The zero-order valence-corrected chi connectivity index (χ0v) is 12.6. The van der Waals surface area contributed by atoms with E-state index in [2.05, 4.69) is 10.1 Å². The maximum Gasteiger partial charge on any atom is 0.340 e. The van der Waals surface area contributed by atoms with Gasteiger partial charge >= 0.3 is 5.97 Å². The molecule has 1 aromatic carbocycles. The van der Waals surface area contributed by atoms with Crippen LogP contribution in [-0.2, 0) is 9.47 Å². The Morgan fingerprint density at radius 1 is 1.50 bits per heavy atom. The molecule has 0 aliphatic heterocycles. The van der Waals surface area contributed by atoms with E-state index in [9.17, 15) is 9.18 Å². The molecule has 0 amide bonds. The van der Waals surface area contributed by atoms with Gasteiger partial charge in [0.2, 0.25) is 0 Å². The number of anilines is 1. The number of hydrogen-bond donors (Lipinski definition) is 1. The summed E-state index contributed by atoms with van der Waals surface area (Å²) in [5, 5.41) is 2.92. The monoisotopic (exact) mass is 367 g/mol. The Labute approximate surface area is 119 Å². The van der Waals surface area contributed by atoms with Crippen molar-refractivity contribution >= 4 is 34.2 Å². The van der Waals surface area contributed by atoms with Gasteiger partial charge in [-0.25, -0.2) is 9.18 Å². The van der Waals surface area contributed by atoms with E-state index < -0.39 is 11.8 Å². The van der Waals surface area contributed by atoms with Crippen LogP contribution in [0.2, 0.25) is 0 Å². The van der Waals surface area contributed by atoms with Crippen molar-refractivity contribution in [1.82, 2.24) is 0 Å². The highest BCUT2D eigenvalue weighted by Crippen LogP contribution is 2.24. The molecule has 1 rings (SSSR count). The minimum absolute atomic E-state index is 0.118. The number of rotatable bonds is 5. The number of carbonyl (C=O) groups excluding carboxylic acids is 1. The van der Waals surface area contributed by atoms with Gasteiger partial charge in [-0.3, -0.25) is 0 Å². The molecule has 0 heterocycles. The zero-order valence-electron chi connectivity index (χ0n) is 10.4. The molecule has 0 unspecified atom stereocenters. The fourth-order valence-corrected chi connectivity index (χ4v) is 2.11. The fourth-order valence-electron chi connectivity index (χ4n) is 1.53. The van der Waals surface area contributed by atoms with Crippen molar-refractivity contribution in [2.45, 2.75) is 13.0 Å². The van der Waals surface area contributed by atoms with Crippen LogP contribution in [-0.4, -0.2) is 32.8 Å². The molecule has 0 aliphatic carbocycles. The van der Waals surface area contributed by atoms with Gasteiger partial charge in [0.1, 0.15) is 5.82 Å². The summed E-state index contributed by atoms with van der Waals surface area (Å²) in [6, 6.07) is 2.82. The Kier molecular flexibility index (Phi) is 5.80. The van der Waals surface area contributed by atoms with Gasteiger partial charge in [0.05, 0.1) is 25.0 Å². The average Bonchev–Trinajstić information content (AvgIpc) is 2.31. The van der Waals surface area contributed by atoms with E-state index in [4.69, 9.17) is 4.74 Å². The van der Waals surface area contributed by atoms with Gasteiger partial charge in [0.15, 0.2) is 0 Å². The maximum atomic E-state index is 13.9. The molecule has 0 bridgehead atoms. The van der Waals surface area contributed by atoms with Gasteiger partial charge in [-0.2, -0.15) is 0 Å². The SMILES string of the molecule is COC[C@H](C)Nc1c(F)cc(I)cc1C(=O)OC. The standard InChI is InChI=1S/C12H15FINO3/c1-7(6-17-2)15-11-9(12(16)18-3)4-8(14)5-10(11)13/h4-5,7,15H,6H2,1-3H3/t7-/m0/s1. The van der Waals surface area contributed by atoms with Gasteiger partial charge < -0.3 is 14.8 Å². The molecule has 1 N–H and O–H groups in total. The third-order valence-corrected chi connectivity index (χ3v) is 2.89. The Balaban J connectivity index is 3.11. The first kappa shape index (κ1) is 15.2. The van der Waals surface area contributed by atoms with Crippen LogP contribution in [0.3, 0.4) is 0 Å². The average molecular weight is 367 g/mol. The summed E-state index contributed by atoms with van der Waals surface area (Å²) < 4.78 is 24.1. The first-order valence-corrected chi connectivity index (χ1v) is 6.40. The molecule has 1 aromatic rings. The van der Waals surface area contributed by atoms with Crippen LogP contribution in [0.5, 0.6) is 0 Å². The maximum absolute atomic E-state index is 13.9. The van der Waals surface area contributed by atoms with Crippen molar-refractivity contribution in [1.29, 1.82) is 0 Å². The van der Waals surface area contributed by atoms with E-state index in [1.807, 2.05) is 29.5 Å². The highest BCUT2D eigenvalue weighted by atomic mass is 127. The molecule has 0 saturated carbocycles. The number of hydrogen-bond acceptors (Lipinski definition) is 4. The molecule has 0 fully saturated rings. The predicted octanol–water partition coefficient (Wildman–Crippen LogP) is 2.66. The smallest absolute Gasteiger partial charge is 0.340 e. The second-order valence-electron chi connectivity index (χ2n) is 3.80. The first-order valence-electron chi connectivity index (χ1n) is 5.32. The Morgan fingerprint density at radius 3 is 2.72 bits per heavy atom. The summed E-state index contributed by atoms with van der Waals surface area (Å²) in [5.74, 6) is -1.05. The number of methoxy groups -OCH3 is 2. The van der Waals surface area contributed by atoms with Crippen LogP contribution in [0.25, 0.3) is 0 Å². The van der Waals surface area contributed by atoms with Crippen LogP contribution < -0.4 is 5.32 Å². The molecule has 6 heteroatoms. The van der Waals surface area contributed by atoms with E-state index in [0.717, 1.165) is 0 Å². The molecule has 0 spiro atoms. The van der Waals surface area contributed by atoms with Crippen LogP contribution in [0.4, 0.5) is 10.1 Å². The lowest BCUT2D eigenvalue weighted by atomic mass is 10.1. The number of nitrogens with one attached hydrogen (secondary N) is 1. The number of ether oxygens (including phenoxy) is 2. The summed E-state index contributed by atoms with van der Waals surface area (Å²) >= 11 is 1.95. The molecule has 0 aromatic heterocycles. The van der Waals surface area contributed by atoms with Crippen LogP contribution in [0.15, 0.2) is 12.1 Å². The Bertz CT molecular complexity index is 440. The predicted molar refractivity (Wildman–Crippen MR) is 75.4 cm³/mol. The molecule has 0 aliphatic rings. The minimum Gasteiger partial charge on any atom is -0.465 e. The van der Waals surface area contributed by atoms with Gasteiger partial charge in [0.25, 0.3) is 0 Å². The van der Waals surface area contributed by atoms with E-state index in [1.165, 1.54) is 13.2 Å². The topological polar surface area (TPSA) is 47.6 Å². The highest BCUT2D eigenvalue weighted by Gasteiger charge is 2.18. The first-order chi connectivity index (χ1) is 8.49. The van der Waals surface area contributed by atoms with E-state index in [0.29, 0.717) is 10.2 Å². The molecule has 0 saturated heterocycles. The Morgan fingerprint density at radius 2 is 2.17 bits per heavy atom. The molecule has 0 radical (unpaired) electrons. The fraction of sp³-hybridized carbons (Fsp3) is 0.417. The summed E-state index contributed by atoms with van der Waals surface area (Å²) in [6.07, 6.45) is 0. The number of esters is 1. The van der Waals surface area contributed by atoms with Crippen LogP contribution >= 0.6 is 22.6 Å². The molecule has 100 valence electrons. The Hall–Kier alpha value is -0.890. The largest absolute Gasteiger partial charge is 0.465 e. The lowest BCUT2D eigenvalue weighted by Crippen LogP contribution is -2.23. The van der Waals surface area contributed by atoms with E-state index in [1.54, 1.807) is 13.2 Å². The second-order valence-corrected chi connectivity index (χ2v) is 5.05. The summed E-state index contributed by atoms with van der Waals surface area (Å²) in [7, 11) is 2.83. The normalized spacial score (nSPS) is 12.1. The number of carbonyl (C=O) groups is 1. The number of benzene rings is 1. The van der Waals surface area contributed by atoms with Crippen molar-refractivity contribution in [2.75, 3.05) is 26.1 Å². The van der Waals surface area contributed by atoms with Crippen LogP contribution in [0.1, 0.15) is 17.3 Å². The molecular formula is C12H15FINO3. The van der Waals surface area contributed by atoms with Crippen LogP contribution in [0, 0.1) is 9.39 Å². The quantitative estimate of drug-likeness (QED) is 0.642. The van der Waals surface area contributed by atoms with Gasteiger partial charge in [-0.1, -0.05) is 0 Å². The number of halogens is 2. The van der Waals surface area contributed by atoms with Crippen molar-refractivity contribution in [3.63, 3.8) is 0 Å². The third kappa shape index (κ3) is 3.81. The van der Waals surface area contributed by atoms with Crippen molar-refractivity contribution in [3.8, 4) is 0 Å². The van der Waals surface area contributed by atoms with Crippen molar-refractivity contribution in [3.05, 3.63) is 27.1 Å².